The first-order chi connectivity index (χ1) is 11.1. The summed E-state index contributed by atoms with van der Waals surface area (Å²) in [6.45, 7) is 3.91. The van der Waals surface area contributed by atoms with Crippen LogP contribution in [-0.4, -0.2) is 9.78 Å². The van der Waals surface area contributed by atoms with E-state index in [1.54, 1.807) is 17.5 Å². The molecule has 1 aliphatic carbocycles. The maximum absolute atomic E-state index is 13.7. The fourth-order valence-corrected chi connectivity index (χ4v) is 4.81. The van der Waals surface area contributed by atoms with Crippen molar-refractivity contribution in [1.82, 2.24) is 9.78 Å². The molecule has 1 radical (unpaired) electrons. The van der Waals surface area contributed by atoms with E-state index >= 15 is 0 Å². The summed E-state index contributed by atoms with van der Waals surface area (Å²) in [5.74, 6) is -0.432. The van der Waals surface area contributed by atoms with E-state index in [0.29, 0.717) is 20.4 Å². The molecule has 3 aromatic rings. The average molecular weight is 392 g/mol. The number of rotatable bonds is 1. The Morgan fingerprint density at radius 1 is 1.30 bits per heavy atom. The molecule has 1 aliphatic rings. The number of hydrogen-bond acceptors (Lipinski definition) is 3. The molecule has 0 bridgehead atoms. The minimum atomic E-state index is -0.432. The van der Waals surface area contributed by atoms with Crippen LogP contribution in [0.5, 0.6) is 0 Å². The van der Waals surface area contributed by atoms with Gasteiger partial charge >= 0.3 is 0 Å². The SMILES string of the molecule is [CH2]c1c(Br)cc(F)cc1-n1ncc2c3c(sc2c1=O)CCCC3. The van der Waals surface area contributed by atoms with Crippen LogP contribution in [-0.2, 0) is 12.8 Å². The molecule has 0 N–H and O–H groups in total. The molecule has 23 heavy (non-hydrogen) atoms. The van der Waals surface area contributed by atoms with Crippen molar-refractivity contribution >= 4 is 37.4 Å². The zero-order valence-electron chi connectivity index (χ0n) is 12.2. The highest BCUT2D eigenvalue weighted by Crippen LogP contribution is 2.34. The highest BCUT2D eigenvalue weighted by Gasteiger charge is 2.20. The monoisotopic (exact) mass is 391 g/mol. The van der Waals surface area contributed by atoms with Crippen molar-refractivity contribution in [3.8, 4) is 5.69 Å². The van der Waals surface area contributed by atoms with Crippen molar-refractivity contribution in [2.75, 3.05) is 0 Å². The van der Waals surface area contributed by atoms with Gasteiger partial charge in [-0.05, 0) is 49.8 Å². The number of benzene rings is 1. The molecule has 0 saturated carbocycles. The van der Waals surface area contributed by atoms with Crippen molar-refractivity contribution < 1.29 is 4.39 Å². The molecule has 0 atom stereocenters. The lowest BCUT2D eigenvalue weighted by atomic mass is 9.97. The lowest BCUT2D eigenvalue weighted by Crippen LogP contribution is -2.21. The Morgan fingerprint density at radius 3 is 2.91 bits per heavy atom. The Morgan fingerprint density at radius 2 is 2.09 bits per heavy atom. The number of fused-ring (bicyclic) bond motifs is 3. The van der Waals surface area contributed by atoms with E-state index in [1.165, 1.54) is 33.7 Å². The molecular formula is C17H13BrFN2OS. The van der Waals surface area contributed by atoms with Gasteiger partial charge in [0.15, 0.2) is 0 Å². The molecule has 2 heterocycles. The zero-order chi connectivity index (χ0) is 16.1. The lowest BCUT2D eigenvalue weighted by Gasteiger charge is -2.11. The van der Waals surface area contributed by atoms with Crippen molar-refractivity contribution in [3.05, 3.63) is 61.9 Å². The molecule has 0 fully saturated rings. The minimum Gasteiger partial charge on any atom is -0.266 e. The Labute approximate surface area is 144 Å². The quantitative estimate of drug-likeness (QED) is 0.615. The summed E-state index contributed by atoms with van der Waals surface area (Å²) >= 11 is 4.82. The van der Waals surface area contributed by atoms with Gasteiger partial charge in [0.25, 0.3) is 5.56 Å². The van der Waals surface area contributed by atoms with E-state index in [-0.39, 0.29) is 5.56 Å². The van der Waals surface area contributed by atoms with Crippen molar-refractivity contribution in [2.24, 2.45) is 0 Å². The largest absolute Gasteiger partial charge is 0.289 e. The van der Waals surface area contributed by atoms with Crippen LogP contribution < -0.4 is 5.56 Å². The standard InChI is InChI=1S/C17H13BrFN2OS/c1-9-13(18)6-10(19)7-14(9)21-17(22)16-12(8-20-21)11-4-2-3-5-15(11)23-16/h6-8H,1-5H2. The molecular weight excluding hydrogens is 379 g/mol. The Kier molecular flexibility index (Phi) is 3.61. The number of aromatic nitrogens is 2. The van der Waals surface area contributed by atoms with Crippen LogP contribution in [0.25, 0.3) is 15.8 Å². The van der Waals surface area contributed by atoms with E-state index < -0.39 is 5.82 Å². The predicted octanol–water partition coefficient (Wildman–Crippen LogP) is 4.41. The molecule has 1 aromatic carbocycles. The molecule has 0 unspecified atom stereocenters. The minimum absolute atomic E-state index is 0.204. The van der Waals surface area contributed by atoms with Gasteiger partial charge in [0.2, 0.25) is 0 Å². The second kappa shape index (κ2) is 5.53. The average Bonchev–Trinajstić information content (AvgIpc) is 2.91. The fourth-order valence-electron chi connectivity index (χ4n) is 3.10. The van der Waals surface area contributed by atoms with Gasteiger partial charge in [-0.25, -0.2) is 4.39 Å². The molecule has 0 saturated heterocycles. The second-order valence-corrected chi connectivity index (χ2v) is 7.66. The van der Waals surface area contributed by atoms with Gasteiger partial charge in [-0.15, -0.1) is 11.3 Å². The van der Waals surface area contributed by atoms with Crippen molar-refractivity contribution in [3.63, 3.8) is 0 Å². The maximum Gasteiger partial charge on any atom is 0.289 e. The molecule has 0 amide bonds. The van der Waals surface area contributed by atoms with Crippen LogP contribution in [0.2, 0.25) is 0 Å². The summed E-state index contributed by atoms with van der Waals surface area (Å²) in [5, 5.41) is 5.23. The first kappa shape index (κ1) is 15.0. The van der Waals surface area contributed by atoms with E-state index in [0.717, 1.165) is 24.6 Å². The summed E-state index contributed by atoms with van der Waals surface area (Å²) < 4.78 is 16.2. The van der Waals surface area contributed by atoms with Crippen molar-refractivity contribution in [1.29, 1.82) is 0 Å². The molecule has 117 valence electrons. The summed E-state index contributed by atoms with van der Waals surface area (Å²) in [6.07, 6.45) is 6.09. The number of nitrogens with zero attached hydrogens (tertiary/aromatic N) is 2. The van der Waals surface area contributed by atoms with Gasteiger partial charge in [0, 0.05) is 20.8 Å². The molecule has 4 rings (SSSR count). The van der Waals surface area contributed by atoms with Crippen LogP contribution in [0.3, 0.4) is 0 Å². The molecule has 0 aliphatic heterocycles. The van der Waals surface area contributed by atoms with Gasteiger partial charge in [0.05, 0.1) is 11.9 Å². The van der Waals surface area contributed by atoms with E-state index in [4.69, 9.17) is 0 Å². The predicted molar refractivity (Wildman–Crippen MR) is 94.0 cm³/mol. The summed E-state index contributed by atoms with van der Waals surface area (Å²) in [4.78, 5) is 14.2. The van der Waals surface area contributed by atoms with Crippen LogP contribution >= 0.6 is 27.3 Å². The topological polar surface area (TPSA) is 34.9 Å². The van der Waals surface area contributed by atoms with Crippen molar-refractivity contribution in [2.45, 2.75) is 25.7 Å². The van der Waals surface area contributed by atoms with Crippen LogP contribution in [0.15, 0.2) is 27.6 Å². The first-order valence-electron chi connectivity index (χ1n) is 7.40. The number of thiophene rings is 1. The van der Waals surface area contributed by atoms with Crippen LogP contribution in [0.4, 0.5) is 4.39 Å². The summed E-state index contributed by atoms with van der Waals surface area (Å²) in [5.41, 5.74) is 1.98. The Balaban J connectivity index is 2.00. The molecule has 0 spiro atoms. The lowest BCUT2D eigenvalue weighted by molar-refractivity contribution is 0.623. The van der Waals surface area contributed by atoms with Gasteiger partial charge in [0.1, 0.15) is 10.5 Å². The molecule has 3 nitrogen and oxygen atoms in total. The number of aryl methyl sites for hydroxylation is 2. The van der Waals surface area contributed by atoms with Crippen LogP contribution in [0, 0.1) is 12.7 Å². The summed E-state index contributed by atoms with van der Waals surface area (Å²) in [6, 6.07) is 2.63. The molecule has 6 heteroatoms. The zero-order valence-corrected chi connectivity index (χ0v) is 14.6. The second-order valence-electron chi connectivity index (χ2n) is 5.70. The van der Waals surface area contributed by atoms with Gasteiger partial charge < -0.3 is 0 Å². The van der Waals surface area contributed by atoms with Gasteiger partial charge in [-0.2, -0.15) is 9.78 Å². The Hall–Kier alpha value is -1.53. The smallest absolute Gasteiger partial charge is 0.266 e. The van der Waals surface area contributed by atoms with Crippen LogP contribution in [0.1, 0.15) is 28.8 Å². The van der Waals surface area contributed by atoms with Gasteiger partial charge in [-0.1, -0.05) is 15.9 Å². The first-order valence-corrected chi connectivity index (χ1v) is 9.01. The Bertz CT molecular complexity index is 992. The van der Waals surface area contributed by atoms with E-state index in [1.807, 2.05) is 0 Å². The highest BCUT2D eigenvalue weighted by molar-refractivity contribution is 9.10. The maximum atomic E-state index is 13.7. The third-order valence-electron chi connectivity index (χ3n) is 4.27. The third-order valence-corrected chi connectivity index (χ3v) is 6.27. The van der Waals surface area contributed by atoms with E-state index in [2.05, 4.69) is 28.0 Å². The van der Waals surface area contributed by atoms with E-state index in [9.17, 15) is 9.18 Å². The molecule has 2 aromatic heterocycles. The normalized spacial score (nSPS) is 14.2. The third kappa shape index (κ3) is 2.35. The van der Waals surface area contributed by atoms with Gasteiger partial charge in [-0.3, -0.25) is 4.79 Å². The number of halogens is 2. The fraction of sp³-hybridized carbons (Fsp3) is 0.235. The summed E-state index contributed by atoms with van der Waals surface area (Å²) in [7, 11) is 0. The highest BCUT2D eigenvalue weighted by atomic mass is 79.9. The number of hydrogen-bond donors (Lipinski definition) is 0.